The van der Waals surface area contributed by atoms with Crippen LogP contribution in [-0.4, -0.2) is 10.1 Å². The van der Waals surface area contributed by atoms with Crippen LogP contribution < -0.4 is 5.32 Å². The van der Waals surface area contributed by atoms with Gasteiger partial charge in [-0.1, -0.05) is 6.07 Å². The van der Waals surface area contributed by atoms with Crippen molar-refractivity contribution in [2.45, 2.75) is 26.8 Å². The van der Waals surface area contributed by atoms with Gasteiger partial charge >= 0.3 is 0 Å². The van der Waals surface area contributed by atoms with Crippen LogP contribution in [0.5, 0.6) is 5.75 Å². The fourth-order valence-corrected chi connectivity index (χ4v) is 1.90. The summed E-state index contributed by atoms with van der Waals surface area (Å²) in [5, 5.41) is 13.1. The number of aromatic hydroxyl groups is 1. The van der Waals surface area contributed by atoms with E-state index in [4.69, 9.17) is 0 Å². The van der Waals surface area contributed by atoms with Crippen LogP contribution in [0.2, 0.25) is 0 Å². The smallest absolute Gasteiger partial charge is 0.118 e. The lowest BCUT2D eigenvalue weighted by Crippen LogP contribution is -2.09. The SMILES string of the molecule is Cc1cc(NC(C)c2ccccn2)c(C)cc1O. The maximum atomic E-state index is 9.64. The number of anilines is 1. The van der Waals surface area contributed by atoms with Crippen molar-refractivity contribution < 1.29 is 5.11 Å². The molecular weight excluding hydrogens is 224 g/mol. The second kappa shape index (κ2) is 5.08. The summed E-state index contributed by atoms with van der Waals surface area (Å²) in [6.45, 7) is 5.95. The molecule has 2 aromatic rings. The molecule has 0 aliphatic carbocycles. The zero-order chi connectivity index (χ0) is 13.1. The van der Waals surface area contributed by atoms with Crippen molar-refractivity contribution in [3.8, 4) is 5.75 Å². The second-order valence-electron chi connectivity index (χ2n) is 4.57. The number of pyridine rings is 1. The molecule has 0 saturated carbocycles. The van der Waals surface area contributed by atoms with Crippen molar-refractivity contribution >= 4 is 5.69 Å². The summed E-state index contributed by atoms with van der Waals surface area (Å²) in [6.07, 6.45) is 1.79. The van der Waals surface area contributed by atoms with Crippen LogP contribution in [0.15, 0.2) is 36.5 Å². The van der Waals surface area contributed by atoms with Gasteiger partial charge in [-0.05, 0) is 56.2 Å². The molecule has 18 heavy (non-hydrogen) atoms. The van der Waals surface area contributed by atoms with Crippen LogP contribution in [-0.2, 0) is 0 Å². The predicted octanol–water partition coefficient (Wildman–Crippen LogP) is 3.58. The maximum absolute atomic E-state index is 9.64. The topological polar surface area (TPSA) is 45.2 Å². The Hall–Kier alpha value is -2.03. The predicted molar refractivity (Wildman–Crippen MR) is 73.9 cm³/mol. The van der Waals surface area contributed by atoms with Crippen molar-refractivity contribution in [1.82, 2.24) is 4.98 Å². The summed E-state index contributed by atoms with van der Waals surface area (Å²) in [4.78, 5) is 4.33. The molecule has 0 fully saturated rings. The summed E-state index contributed by atoms with van der Waals surface area (Å²) in [5.74, 6) is 0.337. The van der Waals surface area contributed by atoms with Crippen LogP contribution in [0, 0.1) is 13.8 Å². The molecular formula is C15H18N2O. The molecule has 3 nitrogen and oxygen atoms in total. The Morgan fingerprint density at radius 2 is 1.94 bits per heavy atom. The monoisotopic (exact) mass is 242 g/mol. The van der Waals surface area contributed by atoms with Crippen molar-refractivity contribution in [3.05, 3.63) is 53.3 Å². The van der Waals surface area contributed by atoms with Gasteiger partial charge in [0.1, 0.15) is 5.75 Å². The highest BCUT2D eigenvalue weighted by molar-refractivity contribution is 5.57. The van der Waals surface area contributed by atoms with E-state index >= 15 is 0 Å². The average Bonchev–Trinajstić information content (AvgIpc) is 2.37. The zero-order valence-corrected chi connectivity index (χ0v) is 10.9. The van der Waals surface area contributed by atoms with E-state index in [0.717, 1.165) is 22.5 Å². The largest absolute Gasteiger partial charge is 0.508 e. The van der Waals surface area contributed by atoms with Crippen LogP contribution in [0.1, 0.15) is 29.8 Å². The third kappa shape index (κ3) is 2.62. The molecule has 0 aliphatic rings. The van der Waals surface area contributed by atoms with E-state index in [1.165, 1.54) is 0 Å². The van der Waals surface area contributed by atoms with E-state index in [0.29, 0.717) is 5.75 Å². The van der Waals surface area contributed by atoms with Crippen LogP contribution >= 0.6 is 0 Å². The third-order valence-corrected chi connectivity index (χ3v) is 3.05. The van der Waals surface area contributed by atoms with E-state index in [9.17, 15) is 5.11 Å². The van der Waals surface area contributed by atoms with Crippen molar-refractivity contribution in [2.75, 3.05) is 5.32 Å². The minimum absolute atomic E-state index is 0.133. The first-order chi connectivity index (χ1) is 8.58. The normalized spacial score (nSPS) is 12.2. The van der Waals surface area contributed by atoms with E-state index in [1.807, 2.05) is 38.1 Å². The molecule has 0 aliphatic heterocycles. The summed E-state index contributed by atoms with van der Waals surface area (Å²) in [5.41, 5.74) is 3.93. The lowest BCUT2D eigenvalue weighted by atomic mass is 10.1. The van der Waals surface area contributed by atoms with Crippen LogP contribution in [0.4, 0.5) is 5.69 Å². The van der Waals surface area contributed by atoms with Gasteiger partial charge in [-0.3, -0.25) is 4.98 Å². The Morgan fingerprint density at radius 1 is 1.17 bits per heavy atom. The first-order valence-electron chi connectivity index (χ1n) is 6.05. The fourth-order valence-electron chi connectivity index (χ4n) is 1.90. The molecule has 1 aromatic heterocycles. The number of rotatable bonds is 3. The van der Waals surface area contributed by atoms with Crippen LogP contribution in [0.3, 0.4) is 0 Å². The van der Waals surface area contributed by atoms with E-state index in [1.54, 1.807) is 12.3 Å². The van der Waals surface area contributed by atoms with Gasteiger partial charge in [0.25, 0.3) is 0 Å². The standard InChI is InChI=1S/C15H18N2O/c1-10-9-15(18)11(2)8-14(10)17-12(3)13-6-4-5-7-16-13/h4-9,12,17-18H,1-3H3. The number of nitrogens with one attached hydrogen (secondary N) is 1. The number of aryl methyl sites for hydroxylation is 2. The number of nitrogens with zero attached hydrogens (tertiary/aromatic N) is 1. The first kappa shape index (κ1) is 12.4. The third-order valence-electron chi connectivity index (χ3n) is 3.05. The quantitative estimate of drug-likeness (QED) is 0.809. The molecule has 1 heterocycles. The van der Waals surface area contributed by atoms with Gasteiger partial charge in [-0.15, -0.1) is 0 Å². The fraction of sp³-hybridized carbons (Fsp3) is 0.267. The van der Waals surface area contributed by atoms with Gasteiger partial charge in [0.05, 0.1) is 11.7 Å². The lowest BCUT2D eigenvalue weighted by molar-refractivity contribution is 0.470. The van der Waals surface area contributed by atoms with Gasteiger partial charge in [0.15, 0.2) is 0 Å². The Labute approximate surface area is 108 Å². The van der Waals surface area contributed by atoms with E-state index in [2.05, 4.69) is 17.2 Å². The summed E-state index contributed by atoms with van der Waals surface area (Å²) in [7, 11) is 0. The molecule has 1 atom stereocenters. The van der Waals surface area contributed by atoms with Crippen molar-refractivity contribution in [3.63, 3.8) is 0 Å². The Kier molecular flexibility index (Phi) is 3.51. The molecule has 1 unspecified atom stereocenters. The van der Waals surface area contributed by atoms with E-state index in [-0.39, 0.29) is 6.04 Å². The number of benzene rings is 1. The lowest BCUT2D eigenvalue weighted by Gasteiger charge is -2.17. The highest BCUT2D eigenvalue weighted by Crippen LogP contribution is 2.27. The number of hydrogen-bond acceptors (Lipinski definition) is 3. The molecule has 2 rings (SSSR count). The molecule has 0 spiro atoms. The van der Waals surface area contributed by atoms with Gasteiger partial charge in [-0.25, -0.2) is 0 Å². The van der Waals surface area contributed by atoms with Crippen molar-refractivity contribution in [1.29, 1.82) is 0 Å². The first-order valence-corrected chi connectivity index (χ1v) is 6.05. The van der Waals surface area contributed by atoms with Gasteiger partial charge < -0.3 is 10.4 Å². The summed E-state index contributed by atoms with van der Waals surface area (Å²) >= 11 is 0. The molecule has 94 valence electrons. The zero-order valence-electron chi connectivity index (χ0n) is 10.9. The molecule has 3 heteroatoms. The molecule has 0 saturated heterocycles. The Balaban J connectivity index is 2.22. The van der Waals surface area contributed by atoms with Crippen molar-refractivity contribution in [2.24, 2.45) is 0 Å². The molecule has 0 amide bonds. The number of aromatic nitrogens is 1. The Morgan fingerprint density at radius 3 is 2.61 bits per heavy atom. The number of phenols is 1. The molecule has 0 bridgehead atoms. The minimum Gasteiger partial charge on any atom is -0.508 e. The highest BCUT2D eigenvalue weighted by Gasteiger charge is 2.09. The minimum atomic E-state index is 0.133. The second-order valence-corrected chi connectivity index (χ2v) is 4.57. The van der Waals surface area contributed by atoms with Gasteiger partial charge in [-0.2, -0.15) is 0 Å². The number of hydrogen-bond donors (Lipinski definition) is 2. The molecule has 0 radical (unpaired) electrons. The summed E-state index contributed by atoms with van der Waals surface area (Å²) < 4.78 is 0. The maximum Gasteiger partial charge on any atom is 0.118 e. The molecule has 2 N–H and O–H groups in total. The number of phenolic OH excluding ortho intramolecular Hbond substituents is 1. The van der Waals surface area contributed by atoms with Crippen LogP contribution in [0.25, 0.3) is 0 Å². The average molecular weight is 242 g/mol. The molecule has 1 aromatic carbocycles. The highest BCUT2D eigenvalue weighted by atomic mass is 16.3. The van der Waals surface area contributed by atoms with Gasteiger partial charge in [0.2, 0.25) is 0 Å². The Bertz CT molecular complexity index is 538. The summed E-state index contributed by atoms with van der Waals surface area (Å²) in [6, 6.07) is 9.77. The van der Waals surface area contributed by atoms with Gasteiger partial charge in [0, 0.05) is 11.9 Å². The van der Waals surface area contributed by atoms with E-state index < -0.39 is 0 Å².